The van der Waals surface area contributed by atoms with Crippen molar-refractivity contribution in [2.75, 3.05) is 13.2 Å². The van der Waals surface area contributed by atoms with Gasteiger partial charge >= 0.3 is 0 Å². The molecule has 0 aliphatic rings. The SMILES string of the molecule is NCC(CO)(Cc1ccc(Cl)c(F)c1)c1ccc(F)cc1. The van der Waals surface area contributed by atoms with E-state index in [0.29, 0.717) is 17.5 Å². The number of hydrogen-bond donors (Lipinski definition) is 2. The van der Waals surface area contributed by atoms with Gasteiger partial charge in [-0.1, -0.05) is 29.8 Å². The maximum absolute atomic E-state index is 13.5. The molecule has 0 amide bonds. The lowest BCUT2D eigenvalue weighted by Gasteiger charge is -2.31. The van der Waals surface area contributed by atoms with Gasteiger partial charge in [-0.15, -0.1) is 0 Å². The fourth-order valence-electron chi connectivity index (χ4n) is 2.35. The first kappa shape index (κ1) is 15.9. The van der Waals surface area contributed by atoms with Gasteiger partial charge in [-0.3, -0.25) is 0 Å². The van der Waals surface area contributed by atoms with Crippen molar-refractivity contribution in [2.45, 2.75) is 11.8 Å². The smallest absolute Gasteiger partial charge is 0.142 e. The van der Waals surface area contributed by atoms with Gasteiger partial charge < -0.3 is 10.8 Å². The van der Waals surface area contributed by atoms with E-state index in [-0.39, 0.29) is 24.0 Å². The summed E-state index contributed by atoms with van der Waals surface area (Å²) >= 11 is 5.66. The highest BCUT2D eigenvalue weighted by Gasteiger charge is 2.30. The highest BCUT2D eigenvalue weighted by Crippen LogP contribution is 2.29. The molecule has 0 aromatic heterocycles. The van der Waals surface area contributed by atoms with Crippen LogP contribution in [-0.4, -0.2) is 18.3 Å². The van der Waals surface area contributed by atoms with Gasteiger partial charge in [0.15, 0.2) is 0 Å². The summed E-state index contributed by atoms with van der Waals surface area (Å²) in [5.74, 6) is -0.878. The number of halogens is 3. The number of aliphatic hydroxyl groups excluding tert-OH is 1. The normalized spacial score (nSPS) is 14.0. The molecule has 21 heavy (non-hydrogen) atoms. The molecule has 1 unspecified atom stereocenters. The van der Waals surface area contributed by atoms with Crippen LogP contribution in [0.4, 0.5) is 8.78 Å². The first-order chi connectivity index (χ1) is 10.0. The Bertz CT molecular complexity index is 612. The van der Waals surface area contributed by atoms with Gasteiger partial charge in [0.1, 0.15) is 11.6 Å². The first-order valence-corrected chi connectivity index (χ1v) is 6.89. The zero-order chi connectivity index (χ0) is 15.5. The topological polar surface area (TPSA) is 46.2 Å². The molecule has 2 rings (SSSR count). The molecule has 0 saturated heterocycles. The van der Waals surface area contributed by atoms with E-state index >= 15 is 0 Å². The van der Waals surface area contributed by atoms with Crippen LogP contribution < -0.4 is 5.73 Å². The molecule has 0 heterocycles. The summed E-state index contributed by atoms with van der Waals surface area (Å²) in [6.07, 6.45) is 0.333. The molecule has 0 spiro atoms. The van der Waals surface area contributed by atoms with Crippen LogP contribution in [0.25, 0.3) is 0 Å². The van der Waals surface area contributed by atoms with Crippen LogP contribution in [0.2, 0.25) is 5.02 Å². The molecule has 5 heteroatoms. The van der Waals surface area contributed by atoms with Crippen molar-refractivity contribution in [3.05, 3.63) is 70.2 Å². The highest BCUT2D eigenvalue weighted by molar-refractivity contribution is 6.30. The van der Waals surface area contributed by atoms with Crippen molar-refractivity contribution in [1.29, 1.82) is 0 Å². The summed E-state index contributed by atoms with van der Waals surface area (Å²) in [7, 11) is 0. The Kier molecular flexibility index (Phi) is 4.93. The summed E-state index contributed by atoms with van der Waals surface area (Å²) < 4.78 is 26.6. The molecule has 0 aliphatic heterocycles. The van der Waals surface area contributed by atoms with E-state index in [1.54, 1.807) is 18.2 Å². The molecule has 0 aliphatic carbocycles. The zero-order valence-electron chi connectivity index (χ0n) is 11.3. The molecule has 112 valence electrons. The Labute approximate surface area is 127 Å². The lowest BCUT2D eigenvalue weighted by Crippen LogP contribution is -2.41. The largest absolute Gasteiger partial charge is 0.395 e. The van der Waals surface area contributed by atoms with Crippen molar-refractivity contribution in [3.8, 4) is 0 Å². The molecule has 0 saturated carbocycles. The van der Waals surface area contributed by atoms with E-state index in [2.05, 4.69) is 0 Å². The van der Waals surface area contributed by atoms with Crippen LogP contribution in [0.1, 0.15) is 11.1 Å². The summed E-state index contributed by atoms with van der Waals surface area (Å²) in [5.41, 5.74) is 6.43. The number of aliphatic hydroxyl groups is 1. The third kappa shape index (κ3) is 3.40. The van der Waals surface area contributed by atoms with E-state index in [9.17, 15) is 13.9 Å². The second kappa shape index (κ2) is 6.52. The quantitative estimate of drug-likeness (QED) is 0.891. The van der Waals surface area contributed by atoms with E-state index in [0.717, 1.165) is 0 Å². The number of benzene rings is 2. The third-order valence-corrected chi connectivity index (χ3v) is 3.98. The monoisotopic (exact) mass is 311 g/mol. The van der Waals surface area contributed by atoms with Gasteiger partial charge in [-0.2, -0.15) is 0 Å². The highest BCUT2D eigenvalue weighted by atomic mass is 35.5. The van der Waals surface area contributed by atoms with Crippen LogP contribution in [0.3, 0.4) is 0 Å². The van der Waals surface area contributed by atoms with Gasteiger partial charge in [0.05, 0.1) is 11.6 Å². The molecular weight excluding hydrogens is 296 g/mol. The van der Waals surface area contributed by atoms with Crippen LogP contribution in [0.5, 0.6) is 0 Å². The zero-order valence-corrected chi connectivity index (χ0v) is 12.1. The first-order valence-electron chi connectivity index (χ1n) is 6.52. The summed E-state index contributed by atoms with van der Waals surface area (Å²) in [4.78, 5) is 0. The van der Waals surface area contributed by atoms with Crippen molar-refractivity contribution >= 4 is 11.6 Å². The third-order valence-electron chi connectivity index (χ3n) is 3.68. The second-order valence-electron chi connectivity index (χ2n) is 5.07. The lowest BCUT2D eigenvalue weighted by molar-refractivity contribution is 0.196. The minimum absolute atomic E-state index is 0.0443. The maximum Gasteiger partial charge on any atom is 0.142 e. The fourth-order valence-corrected chi connectivity index (χ4v) is 2.47. The maximum atomic E-state index is 13.5. The summed E-state index contributed by atoms with van der Waals surface area (Å²) in [6, 6.07) is 10.3. The minimum atomic E-state index is -0.784. The second-order valence-corrected chi connectivity index (χ2v) is 5.48. The minimum Gasteiger partial charge on any atom is -0.395 e. The number of rotatable bonds is 5. The molecule has 2 aromatic carbocycles. The number of nitrogens with two attached hydrogens (primary N) is 1. The van der Waals surface area contributed by atoms with Crippen LogP contribution in [-0.2, 0) is 11.8 Å². The van der Waals surface area contributed by atoms with Crippen molar-refractivity contribution in [3.63, 3.8) is 0 Å². The van der Waals surface area contributed by atoms with Gasteiger partial charge in [-0.25, -0.2) is 8.78 Å². The molecule has 2 aromatic rings. The number of hydrogen-bond acceptors (Lipinski definition) is 2. The Morgan fingerprint density at radius 2 is 1.76 bits per heavy atom. The predicted molar refractivity (Wildman–Crippen MR) is 79.3 cm³/mol. The Hall–Kier alpha value is -1.49. The van der Waals surface area contributed by atoms with E-state index in [1.165, 1.54) is 24.3 Å². The standard InChI is InChI=1S/C16H16ClF2NO/c17-14-6-1-11(7-15(14)19)8-16(9-20,10-21)12-2-4-13(18)5-3-12/h1-7,21H,8-10,20H2. The van der Waals surface area contributed by atoms with Gasteiger partial charge in [0.25, 0.3) is 0 Å². The van der Waals surface area contributed by atoms with Crippen molar-refractivity contribution in [1.82, 2.24) is 0 Å². The Balaban J connectivity index is 2.37. The summed E-state index contributed by atoms with van der Waals surface area (Å²) in [5, 5.41) is 9.84. The van der Waals surface area contributed by atoms with E-state index in [4.69, 9.17) is 17.3 Å². The van der Waals surface area contributed by atoms with Gasteiger partial charge in [0.2, 0.25) is 0 Å². The fraction of sp³-hybridized carbons (Fsp3) is 0.250. The molecular formula is C16H16ClF2NO. The van der Waals surface area contributed by atoms with Gasteiger partial charge in [0, 0.05) is 12.0 Å². The molecule has 1 atom stereocenters. The molecule has 0 radical (unpaired) electrons. The molecule has 0 fully saturated rings. The average Bonchev–Trinajstić information content (AvgIpc) is 2.49. The van der Waals surface area contributed by atoms with E-state index < -0.39 is 11.2 Å². The van der Waals surface area contributed by atoms with Gasteiger partial charge in [-0.05, 0) is 41.8 Å². The average molecular weight is 312 g/mol. The van der Waals surface area contributed by atoms with Crippen LogP contribution in [0, 0.1) is 11.6 Å². The Morgan fingerprint density at radius 1 is 1.10 bits per heavy atom. The van der Waals surface area contributed by atoms with E-state index in [1.807, 2.05) is 0 Å². The van der Waals surface area contributed by atoms with Crippen LogP contribution >= 0.6 is 11.6 Å². The Morgan fingerprint density at radius 3 is 2.29 bits per heavy atom. The van der Waals surface area contributed by atoms with Crippen molar-refractivity contribution in [2.24, 2.45) is 5.73 Å². The molecule has 2 nitrogen and oxygen atoms in total. The molecule has 0 bridgehead atoms. The lowest BCUT2D eigenvalue weighted by atomic mass is 9.76. The summed E-state index contributed by atoms with van der Waals surface area (Å²) in [6.45, 7) is -0.0707. The predicted octanol–water partition coefficient (Wildman–Crippen LogP) is 3.05. The van der Waals surface area contributed by atoms with Crippen LogP contribution in [0.15, 0.2) is 42.5 Å². The van der Waals surface area contributed by atoms with Crippen molar-refractivity contribution < 1.29 is 13.9 Å². The molecule has 3 N–H and O–H groups in total.